The van der Waals surface area contributed by atoms with Crippen LogP contribution in [0.1, 0.15) is 11.1 Å². The molecule has 0 spiro atoms. The van der Waals surface area contributed by atoms with E-state index in [-0.39, 0.29) is 5.75 Å². The van der Waals surface area contributed by atoms with Crippen LogP contribution in [0.3, 0.4) is 0 Å². The Kier molecular flexibility index (Phi) is 6.55. The Morgan fingerprint density at radius 2 is 1.19 bits per heavy atom. The molecule has 0 radical (unpaired) electrons. The molecular formula is C32H23N3O. The van der Waals surface area contributed by atoms with Gasteiger partial charge in [0, 0.05) is 28.8 Å². The molecule has 0 bridgehead atoms. The first-order chi connectivity index (χ1) is 17.7. The molecule has 5 rings (SSSR count). The van der Waals surface area contributed by atoms with Crippen LogP contribution >= 0.6 is 0 Å². The molecule has 1 N–H and O–H groups in total. The molecule has 4 nitrogen and oxygen atoms in total. The van der Waals surface area contributed by atoms with Gasteiger partial charge in [-0.25, -0.2) is 0 Å². The second-order valence-corrected chi connectivity index (χ2v) is 8.24. The number of phenols is 1. The Morgan fingerprint density at radius 3 is 1.75 bits per heavy atom. The molecule has 0 aliphatic rings. The quantitative estimate of drug-likeness (QED) is 0.257. The van der Waals surface area contributed by atoms with Gasteiger partial charge in [-0.1, -0.05) is 54.6 Å². The van der Waals surface area contributed by atoms with E-state index in [1.807, 2.05) is 48.5 Å². The van der Waals surface area contributed by atoms with Crippen LogP contribution in [0.5, 0.6) is 5.75 Å². The van der Waals surface area contributed by atoms with Gasteiger partial charge in [0.05, 0.1) is 17.3 Å². The summed E-state index contributed by atoms with van der Waals surface area (Å²) in [7, 11) is 0. The maximum absolute atomic E-state index is 10.6. The number of hydrogen-bond donors (Lipinski definition) is 1. The minimum atomic E-state index is 0.157. The van der Waals surface area contributed by atoms with Crippen LogP contribution in [-0.4, -0.2) is 11.3 Å². The number of rotatable bonds is 6. The average molecular weight is 466 g/mol. The topological polar surface area (TPSA) is 59.6 Å². The average Bonchev–Trinajstić information content (AvgIpc) is 2.94. The number of nitriles is 1. The first-order valence-electron chi connectivity index (χ1n) is 11.6. The fraction of sp³-hybridized carbons (Fsp3) is 0. The minimum Gasteiger partial charge on any atom is -0.507 e. The molecule has 0 heterocycles. The molecule has 0 amide bonds. The summed E-state index contributed by atoms with van der Waals surface area (Å²) in [5.41, 5.74) is 7.06. The highest BCUT2D eigenvalue weighted by Crippen LogP contribution is 2.35. The van der Waals surface area contributed by atoms with E-state index in [2.05, 4.69) is 64.5 Å². The van der Waals surface area contributed by atoms with E-state index < -0.39 is 0 Å². The lowest BCUT2D eigenvalue weighted by molar-refractivity contribution is 0.475. The molecule has 0 atom stereocenters. The minimum absolute atomic E-state index is 0.157. The maximum atomic E-state index is 10.6. The summed E-state index contributed by atoms with van der Waals surface area (Å²) in [4.78, 5) is 6.62. The molecule has 0 aromatic heterocycles. The Labute approximate surface area is 210 Å². The van der Waals surface area contributed by atoms with E-state index in [1.54, 1.807) is 36.5 Å². The van der Waals surface area contributed by atoms with Crippen LogP contribution in [0.4, 0.5) is 22.7 Å². The van der Waals surface area contributed by atoms with E-state index >= 15 is 0 Å². The maximum Gasteiger partial charge on any atom is 0.124 e. The third-order valence-corrected chi connectivity index (χ3v) is 5.87. The summed E-state index contributed by atoms with van der Waals surface area (Å²) < 4.78 is 0. The zero-order valence-corrected chi connectivity index (χ0v) is 19.5. The molecule has 172 valence electrons. The van der Waals surface area contributed by atoms with E-state index in [4.69, 9.17) is 5.26 Å². The fourth-order valence-corrected chi connectivity index (χ4v) is 4.00. The van der Waals surface area contributed by atoms with Crippen molar-refractivity contribution < 1.29 is 5.11 Å². The highest BCUT2D eigenvalue weighted by Gasteiger charge is 2.12. The molecule has 0 aliphatic carbocycles. The van der Waals surface area contributed by atoms with Crippen LogP contribution < -0.4 is 4.90 Å². The van der Waals surface area contributed by atoms with E-state index in [0.717, 1.165) is 33.9 Å². The van der Waals surface area contributed by atoms with Crippen LogP contribution in [0.25, 0.3) is 11.1 Å². The number of nitrogens with zero attached hydrogens (tertiary/aromatic N) is 3. The zero-order chi connectivity index (χ0) is 24.7. The Bertz CT molecular complexity index is 1480. The van der Waals surface area contributed by atoms with Gasteiger partial charge in [0.25, 0.3) is 0 Å². The van der Waals surface area contributed by atoms with E-state index in [9.17, 15) is 5.11 Å². The number of anilines is 3. The predicted octanol–water partition coefficient (Wildman–Crippen LogP) is 8.15. The Morgan fingerprint density at radius 1 is 0.639 bits per heavy atom. The van der Waals surface area contributed by atoms with E-state index in [1.165, 1.54) is 0 Å². The second kappa shape index (κ2) is 10.4. The number of aromatic hydroxyl groups is 1. The van der Waals surface area contributed by atoms with Crippen LogP contribution in [0.2, 0.25) is 0 Å². The van der Waals surface area contributed by atoms with Gasteiger partial charge in [-0.15, -0.1) is 0 Å². The molecular weight excluding hydrogens is 442 g/mol. The monoisotopic (exact) mass is 465 g/mol. The molecule has 5 aromatic rings. The Balaban J connectivity index is 1.39. The van der Waals surface area contributed by atoms with Gasteiger partial charge in [-0.2, -0.15) is 5.26 Å². The molecule has 0 aliphatic heterocycles. The zero-order valence-electron chi connectivity index (χ0n) is 19.5. The van der Waals surface area contributed by atoms with Crippen molar-refractivity contribution in [3.8, 4) is 22.9 Å². The SMILES string of the molecule is N#Cc1ccc(N=Cc2ccc(-c3ccc(N(c4ccccc4)c4ccccc4)cc3)cc2O)cc1. The fourth-order valence-electron chi connectivity index (χ4n) is 4.00. The summed E-state index contributed by atoms with van der Waals surface area (Å²) >= 11 is 0. The molecule has 4 heteroatoms. The highest BCUT2D eigenvalue weighted by molar-refractivity contribution is 5.87. The van der Waals surface area contributed by atoms with Gasteiger partial charge >= 0.3 is 0 Å². The molecule has 0 unspecified atom stereocenters. The lowest BCUT2D eigenvalue weighted by atomic mass is 10.0. The van der Waals surface area contributed by atoms with Crippen LogP contribution in [0.15, 0.2) is 132 Å². The van der Waals surface area contributed by atoms with Crippen molar-refractivity contribution >= 4 is 29.0 Å². The number of para-hydroxylation sites is 2. The van der Waals surface area contributed by atoms with Crippen molar-refractivity contribution in [2.45, 2.75) is 0 Å². The molecule has 5 aromatic carbocycles. The lowest BCUT2D eigenvalue weighted by Gasteiger charge is -2.25. The van der Waals surface area contributed by atoms with Crippen LogP contribution in [-0.2, 0) is 0 Å². The summed E-state index contributed by atoms with van der Waals surface area (Å²) in [6, 6.07) is 43.5. The lowest BCUT2D eigenvalue weighted by Crippen LogP contribution is -2.09. The van der Waals surface area contributed by atoms with E-state index in [0.29, 0.717) is 11.1 Å². The summed E-state index contributed by atoms with van der Waals surface area (Å²) in [5.74, 6) is 0.157. The van der Waals surface area contributed by atoms with Crippen molar-refractivity contribution in [3.63, 3.8) is 0 Å². The number of benzene rings is 5. The van der Waals surface area contributed by atoms with Gasteiger partial charge < -0.3 is 10.0 Å². The van der Waals surface area contributed by atoms with Crippen LogP contribution in [0, 0.1) is 11.3 Å². The van der Waals surface area contributed by atoms with Crippen molar-refractivity contribution in [2.24, 2.45) is 4.99 Å². The number of phenolic OH excluding ortho intramolecular Hbond substituents is 1. The first kappa shape index (κ1) is 22.6. The van der Waals surface area contributed by atoms with Gasteiger partial charge in [0.2, 0.25) is 0 Å². The number of aliphatic imine (C=N–C) groups is 1. The van der Waals surface area contributed by atoms with Crippen molar-refractivity contribution in [3.05, 3.63) is 139 Å². The van der Waals surface area contributed by atoms with Gasteiger partial charge in [-0.05, 0) is 83.9 Å². The summed E-state index contributed by atoms with van der Waals surface area (Å²) in [6.07, 6.45) is 1.63. The summed E-state index contributed by atoms with van der Waals surface area (Å²) in [6.45, 7) is 0. The predicted molar refractivity (Wildman–Crippen MR) is 147 cm³/mol. The Hall–Kier alpha value is -5.14. The van der Waals surface area contributed by atoms with Crippen molar-refractivity contribution in [1.29, 1.82) is 5.26 Å². The van der Waals surface area contributed by atoms with Crippen molar-refractivity contribution in [1.82, 2.24) is 0 Å². The normalized spacial score (nSPS) is 10.8. The van der Waals surface area contributed by atoms with Gasteiger partial charge in [0.15, 0.2) is 0 Å². The summed E-state index contributed by atoms with van der Waals surface area (Å²) in [5, 5.41) is 19.5. The molecule has 0 saturated heterocycles. The van der Waals surface area contributed by atoms with Gasteiger partial charge in [-0.3, -0.25) is 4.99 Å². The van der Waals surface area contributed by atoms with Gasteiger partial charge in [0.1, 0.15) is 5.75 Å². The first-order valence-corrected chi connectivity index (χ1v) is 11.6. The molecule has 0 saturated carbocycles. The highest BCUT2D eigenvalue weighted by atomic mass is 16.3. The third-order valence-electron chi connectivity index (χ3n) is 5.87. The third kappa shape index (κ3) is 5.01. The molecule has 0 fully saturated rings. The molecule has 36 heavy (non-hydrogen) atoms. The standard InChI is InChI=1S/C32H23N3O/c33-22-24-11-17-28(18-12-24)34-23-27-14-13-26(21-32(27)36)25-15-19-31(20-16-25)35(29-7-3-1-4-8-29)30-9-5-2-6-10-30/h1-21,23,36H. The van der Waals surface area contributed by atoms with Crippen molar-refractivity contribution in [2.75, 3.05) is 4.90 Å². The second-order valence-electron chi connectivity index (χ2n) is 8.24. The largest absolute Gasteiger partial charge is 0.507 e. The number of hydrogen-bond acceptors (Lipinski definition) is 4. The smallest absolute Gasteiger partial charge is 0.124 e.